The fourth-order valence-corrected chi connectivity index (χ4v) is 1.98. The molecule has 0 saturated carbocycles. The summed E-state index contributed by atoms with van der Waals surface area (Å²) in [4.78, 5) is 22.3. The van der Waals surface area contributed by atoms with Gasteiger partial charge in [0.25, 0.3) is 0 Å². The summed E-state index contributed by atoms with van der Waals surface area (Å²) >= 11 is 3.36. The summed E-state index contributed by atoms with van der Waals surface area (Å²) in [7, 11) is 0. The molecule has 88 valence electrons. The van der Waals surface area contributed by atoms with E-state index in [1.807, 2.05) is 0 Å². The Morgan fingerprint density at radius 1 is 1.33 bits per heavy atom. The summed E-state index contributed by atoms with van der Waals surface area (Å²) in [5, 5.41) is 0.959. The van der Waals surface area contributed by atoms with E-state index in [0.717, 1.165) is 18.2 Å². The maximum Gasteiger partial charge on any atom is 0.313 e. The van der Waals surface area contributed by atoms with Crippen LogP contribution in [0.4, 0.5) is 0 Å². The maximum atomic E-state index is 11.3. The van der Waals surface area contributed by atoms with Crippen LogP contribution in [0.3, 0.4) is 0 Å². The molecule has 0 bridgehead atoms. The van der Waals surface area contributed by atoms with Gasteiger partial charge in [-0.15, -0.1) is 0 Å². The molecule has 0 aliphatic rings. The van der Waals surface area contributed by atoms with Gasteiger partial charge in [0.05, 0.1) is 6.61 Å². The van der Waals surface area contributed by atoms with Crippen LogP contribution in [0.25, 0.3) is 0 Å². The largest absolute Gasteiger partial charge is 0.466 e. The van der Waals surface area contributed by atoms with Crippen molar-refractivity contribution in [2.45, 2.75) is 39.5 Å². The van der Waals surface area contributed by atoms with Crippen molar-refractivity contribution < 1.29 is 14.3 Å². The van der Waals surface area contributed by atoms with Gasteiger partial charge in [-0.2, -0.15) is 0 Å². The molecule has 0 spiro atoms. The fraction of sp³-hybridized carbons (Fsp3) is 0.818. The van der Waals surface area contributed by atoms with E-state index in [4.69, 9.17) is 4.74 Å². The highest BCUT2D eigenvalue weighted by molar-refractivity contribution is 9.09. The van der Waals surface area contributed by atoms with Crippen molar-refractivity contribution in [1.29, 1.82) is 0 Å². The van der Waals surface area contributed by atoms with Crippen LogP contribution in [0.2, 0.25) is 0 Å². The van der Waals surface area contributed by atoms with E-state index in [1.165, 1.54) is 0 Å². The molecule has 0 heterocycles. The molecule has 0 aromatic carbocycles. The molecular formula is C11H19BrO3. The Kier molecular flexibility index (Phi) is 8.67. The molecule has 0 fully saturated rings. The normalized spacial score (nSPS) is 12.2. The molecule has 0 aliphatic carbocycles. The van der Waals surface area contributed by atoms with E-state index in [-0.39, 0.29) is 12.2 Å². The summed E-state index contributed by atoms with van der Waals surface area (Å²) in [6, 6.07) is 0. The van der Waals surface area contributed by atoms with Gasteiger partial charge in [-0.05, 0) is 25.7 Å². The molecule has 15 heavy (non-hydrogen) atoms. The van der Waals surface area contributed by atoms with E-state index in [0.29, 0.717) is 18.9 Å². The average molecular weight is 279 g/mol. The van der Waals surface area contributed by atoms with Crippen LogP contribution in [0.1, 0.15) is 39.5 Å². The Morgan fingerprint density at radius 2 is 2.00 bits per heavy atom. The van der Waals surface area contributed by atoms with Gasteiger partial charge in [-0.1, -0.05) is 22.9 Å². The molecule has 0 rings (SSSR count). The number of alkyl halides is 1. The van der Waals surface area contributed by atoms with Gasteiger partial charge >= 0.3 is 5.97 Å². The first-order valence-corrected chi connectivity index (χ1v) is 6.45. The summed E-state index contributed by atoms with van der Waals surface area (Å²) < 4.78 is 4.70. The topological polar surface area (TPSA) is 43.4 Å². The molecule has 0 unspecified atom stereocenters. The molecule has 4 heteroatoms. The number of ether oxygens (including phenoxy) is 1. The Bertz CT molecular complexity index is 204. The summed E-state index contributed by atoms with van der Waals surface area (Å²) in [6.45, 7) is 4.19. The van der Waals surface area contributed by atoms with E-state index >= 15 is 0 Å². The monoisotopic (exact) mass is 278 g/mol. The molecule has 0 saturated heterocycles. The van der Waals surface area contributed by atoms with Crippen LogP contribution in [0, 0.1) is 5.92 Å². The number of Topliss-reactive ketones (excluding diaryl/α,β-unsaturated/α-hetero) is 1. The third kappa shape index (κ3) is 8.60. The number of halogens is 1. The highest BCUT2D eigenvalue weighted by Crippen LogP contribution is 2.12. The summed E-state index contributed by atoms with van der Waals surface area (Å²) in [6.07, 6.45) is 2.32. The predicted molar refractivity (Wildman–Crippen MR) is 63.1 cm³/mol. The van der Waals surface area contributed by atoms with Gasteiger partial charge in [0.1, 0.15) is 12.2 Å². The van der Waals surface area contributed by atoms with Crippen LogP contribution >= 0.6 is 15.9 Å². The zero-order valence-corrected chi connectivity index (χ0v) is 11.0. The first-order chi connectivity index (χ1) is 7.10. The molecular weight excluding hydrogens is 260 g/mol. The first kappa shape index (κ1) is 14.6. The molecule has 0 amide bonds. The van der Waals surface area contributed by atoms with Crippen molar-refractivity contribution in [2.24, 2.45) is 5.92 Å². The minimum Gasteiger partial charge on any atom is -0.466 e. The number of hydrogen-bond acceptors (Lipinski definition) is 3. The molecule has 0 radical (unpaired) electrons. The summed E-state index contributed by atoms with van der Waals surface area (Å²) in [5.74, 6) is 0.0982. The van der Waals surface area contributed by atoms with E-state index in [1.54, 1.807) is 6.92 Å². The molecule has 0 N–H and O–H groups in total. The van der Waals surface area contributed by atoms with Crippen LogP contribution in [-0.4, -0.2) is 23.7 Å². The number of esters is 1. The van der Waals surface area contributed by atoms with Crippen molar-refractivity contribution in [3.05, 3.63) is 0 Å². The Hall–Kier alpha value is -0.380. The number of hydrogen-bond donors (Lipinski definition) is 0. The van der Waals surface area contributed by atoms with Crippen molar-refractivity contribution in [3.8, 4) is 0 Å². The quantitative estimate of drug-likeness (QED) is 0.390. The van der Waals surface area contributed by atoms with E-state index in [2.05, 4.69) is 22.9 Å². The minimum absolute atomic E-state index is 0.0186. The van der Waals surface area contributed by atoms with Crippen LogP contribution in [-0.2, 0) is 14.3 Å². The Balaban J connectivity index is 3.61. The molecule has 0 aromatic rings. The van der Waals surface area contributed by atoms with E-state index < -0.39 is 5.97 Å². The lowest BCUT2D eigenvalue weighted by Gasteiger charge is -2.08. The van der Waals surface area contributed by atoms with Crippen molar-refractivity contribution in [3.63, 3.8) is 0 Å². The molecule has 3 nitrogen and oxygen atoms in total. The number of rotatable bonds is 8. The van der Waals surface area contributed by atoms with E-state index in [9.17, 15) is 9.59 Å². The zero-order valence-electron chi connectivity index (χ0n) is 9.42. The average Bonchev–Trinajstić information content (AvgIpc) is 2.15. The van der Waals surface area contributed by atoms with Gasteiger partial charge in [0, 0.05) is 11.8 Å². The van der Waals surface area contributed by atoms with Gasteiger partial charge < -0.3 is 4.74 Å². The van der Waals surface area contributed by atoms with Gasteiger partial charge in [-0.25, -0.2) is 0 Å². The molecule has 0 aliphatic heterocycles. The van der Waals surface area contributed by atoms with Gasteiger partial charge in [0.2, 0.25) is 0 Å². The van der Waals surface area contributed by atoms with Crippen molar-refractivity contribution in [2.75, 3.05) is 11.9 Å². The highest BCUT2D eigenvalue weighted by atomic mass is 79.9. The maximum absolute atomic E-state index is 11.3. The van der Waals surface area contributed by atoms with Crippen molar-refractivity contribution in [1.82, 2.24) is 0 Å². The van der Waals surface area contributed by atoms with Crippen molar-refractivity contribution >= 4 is 27.7 Å². The second-order valence-electron chi connectivity index (χ2n) is 3.64. The lowest BCUT2D eigenvalue weighted by Crippen LogP contribution is -2.12. The highest BCUT2D eigenvalue weighted by Gasteiger charge is 2.11. The third-order valence-corrected chi connectivity index (χ3v) is 2.62. The SMILES string of the molecule is CCOC(=O)CC(=O)CC[C@H](C)CCBr. The van der Waals surface area contributed by atoms with Crippen LogP contribution in [0.5, 0.6) is 0 Å². The Labute approximate surface area is 99.7 Å². The zero-order chi connectivity index (χ0) is 11.7. The smallest absolute Gasteiger partial charge is 0.313 e. The fourth-order valence-electron chi connectivity index (χ4n) is 1.20. The van der Waals surface area contributed by atoms with Crippen LogP contribution < -0.4 is 0 Å². The van der Waals surface area contributed by atoms with Gasteiger partial charge in [0.15, 0.2) is 0 Å². The molecule has 1 atom stereocenters. The first-order valence-electron chi connectivity index (χ1n) is 5.33. The second kappa shape index (κ2) is 8.89. The number of carbonyl (C=O) groups is 2. The number of carbonyl (C=O) groups excluding carboxylic acids is 2. The van der Waals surface area contributed by atoms with Gasteiger partial charge in [-0.3, -0.25) is 9.59 Å². The second-order valence-corrected chi connectivity index (χ2v) is 4.43. The lowest BCUT2D eigenvalue weighted by molar-refractivity contribution is -0.145. The Morgan fingerprint density at radius 3 is 2.53 bits per heavy atom. The lowest BCUT2D eigenvalue weighted by atomic mass is 10.0. The standard InChI is InChI=1S/C11H19BrO3/c1-3-15-11(14)8-10(13)5-4-9(2)6-7-12/h9H,3-8H2,1-2H3/t9-/m0/s1. The minimum atomic E-state index is -0.407. The van der Waals surface area contributed by atoms with Crippen LogP contribution in [0.15, 0.2) is 0 Å². The summed E-state index contributed by atoms with van der Waals surface area (Å²) in [5.41, 5.74) is 0. The number of ketones is 1. The molecule has 0 aromatic heterocycles. The third-order valence-electron chi connectivity index (χ3n) is 2.16. The predicted octanol–water partition coefficient (Wildman–Crippen LogP) is 2.71.